The fourth-order valence-corrected chi connectivity index (χ4v) is 3.48. The van der Waals surface area contributed by atoms with Gasteiger partial charge in [0.05, 0.1) is 48.5 Å². The number of aromatic nitrogens is 2. The van der Waals surface area contributed by atoms with Crippen molar-refractivity contribution < 1.29 is 14.3 Å². The molecular weight excluding hydrogens is 404 g/mol. The monoisotopic (exact) mass is 428 g/mol. The number of urea groups is 1. The Hall–Kier alpha value is -3.19. The predicted octanol–water partition coefficient (Wildman–Crippen LogP) is 5.17. The number of nitrogens with one attached hydrogen (secondary N) is 2. The van der Waals surface area contributed by atoms with Crippen molar-refractivity contribution >= 4 is 29.0 Å². The van der Waals surface area contributed by atoms with Crippen molar-refractivity contribution in [1.82, 2.24) is 9.78 Å². The van der Waals surface area contributed by atoms with Crippen molar-refractivity contribution in [2.24, 2.45) is 0 Å². The zero-order chi connectivity index (χ0) is 21.8. The molecule has 3 aromatic rings. The molecule has 30 heavy (non-hydrogen) atoms. The predicted molar refractivity (Wildman–Crippen MR) is 119 cm³/mol. The SMILES string of the molecule is COc1cc(OC)c(NC(=O)Nc2c(C)nn(Cc3cccc(C)c3)c2C)cc1Cl. The van der Waals surface area contributed by atoms with E-state index in [1.54, 1.807) is 12.1 Å². The van der Waals surface area contributed by atoms with Crippen LogP contribution in [-0.2, 0) is 6.54 Å². The maximum absolute atomic E-state index is 12.6. The lowest BCUT2D eigenvalue weighted by molar-refractivity contribution is 0.262. The minimum Gasteiger partial charge on any atom is -0.495 e. The van der Waals surface area contributed by atoms with E-state index in [1.807, 2.05) is 24.6 Å². The van der Waals surface area contributed by atoms with Crippen LogP contribution in [-0.4, -0.2) is 30.0 Å². The Balaban J connectivity index is 1.78. The summed E-state index contributed by atoms with van der Waals surface area (Å²) in [4.78, 5) is 12.6. The van der Waals surface area contributed by atoms with E-state index in [1.165, 1.54) is 19.8 Å². The van der Waals surface area contributed by atoms with E-state index < -0.39 is 6.03 Å². The molecule has 0 unspecified atom stereocenters. The maximum Gasteiger partial charge on any atom is 0.323 e. The average Bonchev–Trinajstić information content (AvgIpc) is 2.95. The topological polar surface area (TPSA) is 77.4 Å². The molecule has 2 amide bonds. The standard InChI is InChI=1S/C22H25ClN4O3/c1-13-7-6-8-16(9-13)12-27-15(3)21(14(2)26-27)25-22(28)24-18-10-17(23)19(29-4)11-20(18)30-5/h6-11H,12H2,1-5H3,(H2,24,25,28). The summed E-state index contributed by atoms with van der Waals surface area (Å²) < 4.78 is 12.4. The lowest BCUT2D eigenvalue weighted by Gasteiger charge is -2.14. The highest BCUT2D eigenvalue weighted by molar-refractivity contribution is 6.32. The third-order valence-corrected chi connectivity index (χ3v) is 5.05. The van der Waals surface area contributed by atoms with Crippen molar-refractivity contribution in [1.29, 1.82) is 0 Å². The number of nitrogens with zero attached hydrogens (tertiary/aromatic N) is 2. The number of ether oxygens (including phenoxy) is 2. The second-order valence-electron chi connectivity index (χ2n) is 6.96. The number of carbonyl (C=O) groups excluding carboxylic acids is 1. The van der Waals surface area contributed by atoms with Crippen LogP contribution in [0, 0.1) is 20.8 Å². The highest BCUT2D eigenvalue weighted by Gasteiger charge is 2.17. The molecule has 7 nitrogen and oxygen atoms in total. The van der Waals surface area contributed by atoms with E-state index in [2.05, 4.69) is 40.9 Å². The summed E-state index contributed by atoms with van der Waals surface area (Å²) in [6.07, 6.45) is 0. The van der Waals surface area contributed by atoms with Crippen LogP contribution in [0.15, 0.2) is 36.4 Å². The van der Waals surface area contributed by atoms with Gasteiger partial charge in [0.15, 0.2) is 0 Å². The summed E-state index contributed by atoms with van der Waals surface area (Å²) in [6, 6.07) is 11.0. The van der Waals surface area contributed by atoms with E-state index in [4.69, 9.17) is 21.1 Å². The number of hydrogen-bond donors (Lipinski definition) is 2. The third kappa shape index (κ3) is 4.68. The van der Waals surface area contributed by atoms with Gasteiger partial charge in [-0.2, -0.15) is 5.10 Å². The molecule has 1 aromatic heterocycles. The van der Waals surface area contributed by atoms with Gasteiger partial charge in [-0.1, -0.05) is 41.4 Å². The van der Waals surface area contributed by atoms with Gasteiger partial charge in [-0.25, -0.2) is 4.79 Å². The van der Waals surface area contributed by atoms with Crippen molar-refractivity contribution in [3.8, 4) is 11.5 Å². The molecule has 0 spiro atoms. The van der Waals surface area contributed by atoms with Gasteiger partial charge < -0.3 is 20.1 Å². The smallest absolute Gasteiger partial charge is 0.323 e. The molecule has 0 radical (unpaired) electrons. The van der Waals surface area contributed by atoms with Gasteiger partial charge in [0.2, 0.25) is 0 Å². The van der Waals surface area contributed by atoms with Crippen LogP contribution in [0.4, 0.5) is 16.2 Å². The van der Waals surface area contributed by atoms with Crippen LogP contribution in [0.1, 0.15) is 22.5 Å². The number of methoxy groups -OCH3 is 2. The first kappa shape index (κ1) is 21.5. The molecule has 0 saturated heterocycles. The number of amides is 2. The first-order valence-corrected chi connectivity index (χ1v) is 9.79. The minimum atomic E-state index is -0.421. The zero-order valence-electron chi connectivity index (χ0n) is 17.7. The van der Waals surface area contributed by atoms with E-state index in [0.717, 1.165) is 17.0 Å². The number of aryl methyl sites for hydroxylation is 2. The Morgan fingerprint density at radius 3 is 2.47 bits per heavy atom. The molecule has 8 heteroatoms. The van der Waals surface area contributed by atoms with Gasteiger partial charge in [-0.3, -0.25) is 4.68 Å². The highest BCUT2D eigenvalue weighted by Crippen LogP contribution is 2.36. The zero-order valence-corrected chi connectivity index (χ0v) is 18.4. The van der Waals surface area contributed by atoms with Gasteiger partial charge in [0.1, 0.15) is 11.5 Å². The molecule has 2 aromatic carbocycles. The maximum atomic E-state index is 12.6. The molecule has 0 aliphatic rings. The molecule has 158 valence electrons. The Morgan fingerprint density at radius 2 is 1.80 bits per heavy atom. The summed E-state index contributed by atoms with van der Waals surface area (Å²) in [7, 11) is 3.02. The molecule has 0 aliphatic heterocycles. The van der Waals surface area contributed by atoms with Crippen LogP contribution < -0.4 is 20.1 Å². The van der Waals surface area contributed by atoms with Gasteiger partial charge in [0, 0.05) is 6.07 Å². The number of halogens is 1. The summed E-state index contributed by atoms with van der Waals surface area (Å²) in [5.74, 6) is 0.901. The second-order valence-corrected chi connectivity index (χ2v) is 7.37. The molecule has 0 fully saturated rings. The van der Waals surface area contributed by atoms with Gasteiger partial charge in [0.25, 0.3) is 0 Å². The summed E-state index contributed by atoms with van der Waals surface area (Å²) in [5.41, 5.74) is 5.04. The Kier molecular flexibility index (Phi) is 6.52. The number of hydrogen-bond acceptors (Lipinski definition) is 4. The van der Waals surface area contributed by atoms with Crippen molar-refractivity contribution in [2.45, 2.75) is 27.3 Å². The van der Waals surface area contributed by atoms with E-state index in [9.17, 15) is 4.79 Å². The molecule has 0 atom stereocenters. The van der Waals surface area contributed by atoms with Crippen LogP contribution in [0.3, 0.4) is 0 Å². The van der Waals surface area contributed by atoms with Crippen LogP contribution in [0.25, 0.3) is 0 Å². The fourth-order valence-electron chi connectivity index (χ4n) is 3.24. The Bertz CT molecular complexity index is 1080. The second kappa shape index (κ2) is 9.09. The lowest BCUT2D eigenvalue weighted by Crippen LogP contribution is -2.20. The normalized spacial score (nSPS) is 10.6. The molecule has 2 N–H and O–H groups in total. The first-order valence-electron chi connectivity index (χ1n) is 9.41. The van der Waals surface area contributed by atoms with Crippen LogP contribution in [0.5, 0.6) is 11.5 Å². The number of benzene rings is 2. The summed E-state index contributed by atoms with van der Waals surface area (Å²) >= 11 is 6.18. The van der Waals surface area contributed by atoms with E-state index >= 15 is 0 Å². The average molecular weight is 429 g/mol. The van der Waals surface area contributed by atoms with Gasteiger partial charge >= 0.3 is 6.03 Å². The number of rotatable bonds is 6. The number of carbonyl (C=O) groups is 1. The van der Waals surface area contributed by atoms with Crippen molar-refractivity contribution in [3.63, 3.8) is 0 Å². The molecule has 3 rings (SSSR count). The Labute approximate surface area is 180 Å². The summed E-state index contributed by atoms with van der Waals surface area (Å²) in [6.45, 7) is 6.47. The van der Waals surface area contributed by atoms with E-state index in [0.29, 0.717) is 34.4 Å². The minimum absolute atomic E-state index is 0.368. The Morgan fingerprint density at radius 1 is 1.07 bits per heavy atom. The summed E-state index contributed by atoms with van der Waals surface area (Å²) in [5, 5.41) is 10.6. The highest BCUT2D eigenvalue weighted by atomic mass is 35.5. The molecule has 1 heterocycles. The molecule has 0 saturated carbocycles. The quantitative estimate of drug-likeness (QED) is 0.567. The van der Waals surface area contributed by atoms with Crippen LogP contribution in [0.2, 0.25) is 5.02 Å². The van der Waals surface area contributed by atoms with Crippen LogP contribution >= 0.6 is 11.6 Å². The molecular formula is C22H25ClN4O3. The van der Waals surface area contributed by atoms with Crippen molar-refractivity contribution in [2.75, 3.05) is 24.9 Å². The van der Waals surface area contributed by atoms with E-state index in [-0.39, 0.29) is 0 Å². The largest absolute Gasteiger partial charge is 0.495 e. The van der Waals surface area contributed by atoms with Gasteiger partial charge in [-0.05, 0) is 32.4 Å². The van der Waals surface area contributed by atoms with Crippen molar-refractivity contribution in [3.05, 3.63) is 63.9 Å². The first-order chi connectivity index (χ1) is 14.3. The number of anilines is 2. The lowest BCUT2D eigenvalue weighted by atomic mass is 10.1. The van der Waals surface area contributed by atoms with Gasteiger partial charge in [-0.15, -0.1) is 0 Å². The molecule has 0 aliphatic carbocycles. The molecule has 0 bridgehead atoms. The fraction of sp³-hybridized carbons (Fsp3) is 0.273. The third-order valence-electron chi connectivity index (χ3n) is 4.76.